The van der Waals surface area contributed by atoms with Gasteiger partial charge in [-0.3, -0.25) is 0 Å². The van der Waals surface area contributed by atoms with Crippen LogP contribution in [-0.4, -0.2) is 20.4 Å². The molecule has 3 rings (SSSR count). The molecule has 1 unspecified atom stereocenters. The highest BCUT2D eigenvalue weighted by molar-refractivity contribution is 7.93. The van der Waals surface area contributed by atoms with Gasteiger partial charge in [0.2, 0.25) is 5.44 Å². The maximum Gasteiger partial charge on any atom is 0.277 e. The molecule has 124 valence electrons. The van der Waals surface area contributed by atoms with E-state index in [9.17, 15) is 8.42 Å². The van der Waals surface area contributed by atoms with E-state index in [1.54, 1.807) is 30.3 Å². The zero-order chi connectivity index (χ0) is 15.6. The second-order valence-corrected chi connectivity index (χ2v) is 7.01. The first-order chi connectivity index (χ1) is 10.6. The Labute approximate surface area is 142 Å². The third-order valence-corrected chi connectivity index (χ3v) is 5.48. The number of benzene rings is 2. The lowest BCUT2D eigenvalue weighted by Crippen LogP contribution is -2.43. The molecule has 1 heterocycles. The van der Waals surface area contributed by atoms with Crippen LogP contribution >= 0.6 is 12.4 Å². The number of hydrogen-bond acceptors (Lipinski definition) is 4. The molecule has 1 aliphatic rings. The van der Waals surface area contributed by atoms with E-state index >= 15 is 0 Å². The number of ether oxygens (including phenoxy) is 1. The van der Waals surface area contributed by atoms with Crippen molar-refractivity contribution in [1.82, 2.24) is 0 Å². The number of sulfonamides is 1. The van der Waals surface area contributed by atoms with Gasteiger partial charge in [-0.25, -0.2) is 12.7 Å². The van der Waals surface area contributed by atoms with E-state index in [0.717, 1.165) is 0 Å². The minimum Gasteiger partial charge on any atom is -0.470 e. The molecule has 0 aliphatic carbocycles. The summed E-state index contributed by atoms with van der Waals surface area (Å²) in [5.74, 6) is 0.572. The van der Waals surface area contributed by atoms with Crippen LogP contribution in [0, 0.1) is 0 Å². The Bertz CT molecular complexity index is 753. The molecular formula is C16H19ClN2O3S. The zero-order valence-electron chi connectivity index (χ0n) is 12.5. The van der Waals surface area contributed by atoms with Crippen LogP contribution in [0.1, 0.15) is 12.8 Å². The Balaban J connectivity index is 0.00000192. The maximum absolute atomic E-state index is 12.9. The van der Waals surface area contributed by atoms with Crippen molar-refractivity contribution in [3.8, 4) is 5.75 Å². The second kappa shape index (κ2) is 7.21. The first-order valence-corrected chi connectivity index (χ1v) is 8.70. The lowest BCUT2D eigenvalue weighted by Gasteiger charge is -2.35. The fraction of sp³-hybridized carbons (Fsp3) is 0.250. The van der Waals surface area contributed by atoms with Crippen molar-refractivity contribution in [1.29, 1.82) is 0 Å². The molecule has 0 saturated heterocycles. The number of nitrogens with zero attached hydrogens (tertiary/aromatic N) is 1. The predicted octanol–water partition coefficient (Wildman–Crippen LogP) is 3.03. The molecule has 0 radical (unpaired) electrons. The van der Waals surface area contributed by atoms with Gasteiger partial charge in [-0.05, 0) is 37.2 Å². The average Bonchev–Trinajstić information content (AvgIpc) is 2.53. The molecule has 2 aromatic rings. The number of fused-ring (bicyclic) bond motifs is 1. The summed E-state index contributed by atoms with van der Waals surface area (Å²) in [6.07, 6.45) is 0.963. The zero-order valence-corrected chi connectivity index (χ0v) is 14.1. The van der Waals surface area contributed by atoms with Crippen molar-refractivity contribution >= 4 is 33.8 Å². The molecule has 2 aromatic carbocycles. The van der Waals surface area contributed by atoms with E-state index in [0.29, 0.717) is 36.5 Å². The second-order valence-electron chi connectivity index (χ2n) is 5.09. The average molecular weight is 355 g/mol. The highest BCUT2D eigenvalue weighted by Crippen LogP contribution is 2.42. The standard InChI is InChI=1S/C16H18N2O3S.ClH/c17-12-6-11-16-21-15-10-5-4-9-14(15)18(22(16,19)20)13-7-2-1-3-8-13;/h1-5,7-10,16H,6,11-12,17H2;1H. The van der Waals surface area contributed by atoms with Crippen molar-refractivity contribution in [2.45, 2.75) is 18.3 Å². The third kappa shape index (κ3) is 3.29. The number of anilines is 2. The van der Waals surface area contributed by atoms with Crippen molar-refractivity contribution in [3.05, 3.63) is 54.6 Å². The lowest BCUT2D eigenvalue weighted by atomic mass is 10.2. The molecule has 0 bridgehead atoms. The van der Waals surface area contributed by atoms with Gasteiger partial charge in [-0.2, -0.15) is 0 Å². The van der Waals surface area contributed by atoms with Crippen LogP contribution in [-0.2, 0) is 10.0 Å². The topological polar surface area (TPSA) is 72.6 Å². The highest BCUT2D eigenvalue weighted by Gasteiger charge is 2.40. The molecule has 0 amide bonds. The molecular weight excluding hydrogens is 336 g/mol. The smallest absolute Gasteiger partial charge is 0.277 e. The van der Waals surface area contributed by atoms with Crippen LogP contribution in [0.15, 0.2) is 54.6 Å². The summed E-state index contributed by atoms with van der Waals surface area (Å²) in [6, 6.07) is 16.2. The Hall–Kier alpha value is -1.76. The summed E-state index contributed by atoms with van der Waals surface area (Å²) >= 11 is 0. The van der Waals surface area contributed by atoms with Gasteiger partial charge in [0, 0.05) is 6.42 Å². The third-order valence-electron chi connectivity index (χ3n) is 3.56. The number of para-hydroxylation sites is 3. The molecule has 0 spiro atoms. The first-order valence-electron chi connectivity index (χ1n) is 7.19. The lowest BCUT2D eigenvalue weighted by molar-refractivity contribution is 0.255. The van der Waals surface area contributed by atoms with Crippen LogP contribution in [0.2, 0.25) is 0 Å². The van der Waals surface area contributed by atoms with Gasteiger partial charge in [0.1, 0.15) is 5.75 Å². The van der Waals surface area contributed by atoms with Crippen molar-refractivity contribution < 1.29 is 13.2 Å². The normalized spacial score (nSPS) is 18.5. The van der Waals surface area contributed by atoms with E-state index < -0.39 is 15.5 Å². The Morgan fingerprint density at radius 3 is 2.39 bits per heavy atom. The van der Waals surface area contributed by atoms with Crippen molar-refractivity contribution in [3.63, 3.8) is 0 Å². The largest absolute Gasteiger partial charge is 0.470 e. The van der Waals surface area contributed by atoms with Gasteiger partial charge in [0.25, 0.3) is 10.0 Å². The van der Waals surface area contributed by atoms with Gasteiger partial charge in [-0.15, -0.1) is 12.4 Å². The Morgan fingerprint density at radius 1 is 1.04 bits per heavy atom. The molecule has 5 nitrogen and oxygen atoms in total. The van der Waals surface area contributed by atoms with Crippen molar-refractivity contribution in [2.24, 2.45) is 5.73 Å². The van der Waals surface area contributed by atoms with E-state index in [2.05, 4.69) is 0 Å². The van der Waals surface area contributed by atoms with Gasteiger partial charge in [-0.1, -0.05) is 30.3 Å². The number of halogens is 1. The van der Waals surface area contributed by atoms with E-state index in [1.165, 1.54) is 4.31 Å². The van der Waals surface area contributed by atoms with Crippen LogP contribution in [0.25, 0.3) is 0 Å². The van der Waals surface area contributed by atoms with Crippen LogP contribution in [0.3, 0.4) is 0 Å². The van der Waals surface area contributed by atoms with E-state index in [1.807, 2.05) is 24.3 Å². The van der Waals surface area contributed by atoms with Crippen LogP contribution in [0.5, 0.6) is 5.75 Å². The van der Waals surface area contributed by atoms with Gasteiger partial charge in [0.05, 0.1) is 11.4 Å². The molecule has 0 fully saturated rings. The monoisotopic (exact) mass is 354 g/mol. The molecule has 1 aliphatic heterocycles. The van der Waals surface area contributed by atoms with E-state index in [4.69, 9.17) is 10.5 Å². The SMILES string of the molecule is Cl.NCCCC1Oc2ccccc2N(c2ccccc2)S1(=O)=O. The summed E-state index contributed by atoms with van der Waals surface area (Å²) in [7, 11) is -3.65. The number of hydrogen-bond donors (Lipinski definition) is 1. The maximum atomic E-state index is 12.9. The first kappa shape index (κ1) is 17.6. The molecule has 1 atom stereocenters. The minimum absolute atomic E-state index is 0. The predicted molar refractivity (Wildman–Crippen MR) is 93.9 cm³/mol. The summed E-state index contributed by atoms with van der Waals surface area (Å²) < 4.78 is 33.0. The summed E-state index contributed by atoms with van der Waals surface area (Å²) in [6.45, 7) is 0.433. The molecule has 0 aromatic heterocycles. The minimum atomic E-state index is -3.65. The van der Waals surface area contributed by atoms with Gasteiger partial charge >= 0.3 is 0 Å². The summed E-state index contributed by atoms with van der Waals surface area (Å²) in [5.41, 5.74) is 5.75. The summed E-state index contributed by atoms with van der Waals surface area (Å²) in [5, 5.41) is 0. The number of rotatable bonds is 4. The molecule has 2 N–H and O–H groups in total. The quantitative estimate of drug-likeness (QED) is 0.915. The molecule has 0 saturated carbocycles. The highest BCUT2D eigenvalue weighted by atomic mass is 35.5. The Kier molecular flexibility index (Phi) is 5.51. The Morgan fingerprint density at radius 2 is 1.70 bits per heavy atom. The van der Waals surface area contributed by atoms with Crippen molar-refractivity contribution in [2.75, 3.05) is 10.8 Å². The van der Waals surface area contributed by atoms with Gasteiger partial charge in [0.15, 0.2) is 0 Å². The van der Waals surface area contributed by atoms with E-state index in [-0.39, 0.29) is 12.4 Å². The summed E-state index contributed by atoms with van der Waals surface area (Å²) in [4.78, 5) is 0. The fourth-order valence-electron chi connectivity index (χ4n) is 2.52. The van der Waals surface area contributed by atoms with Crippen LogP contribution < -0.4 is 14.8 Å². The van der Waals surface area contributed by atoms with Gasteiger partial charge < -0.3 is 10.5 Å². The molecule has 7 heteroatoms. The van der Waals surface area contributed by atoms with Crippen LogP contribution in [0.4, 0.5) is 11.4 Å². The number of nitrogens with two attached hydrogens (primary N) is 1. The fourth-order valence-corrected chi connectivity index (χ4v) is 4.29. The molecule has 23 heavy (non-hydrogen) atoms.